The SMILES string of the molecule is c1cc2c(cc1-n1cnnc1OCCN1CCCCC1)CCC2. The van der Waals surface area contributed by atoms with Crippen molar-refractivity contribution in [3.8, 4) is 11.7 Å². The van der Waals surface area contributed by atoms with Crippen LogP contribution in [0.1, 0.15) is 36.8 Å². The third kappa shape index (κ3) is 3.24. The molecule has 1 aliphatic carbocycles. The number of ether oxygens (including phenoxy) is 1. The summed E-state index contributed by atoms with van der Waals surface area (Å²) in [5, 5.41) is 8.17. The molecule has 0 saturated carbocycles. The molecule has 0 radical (unpaired) electrons. The molecule has 2 heterocycles. The number of fused-ring (bicyclic) bond motifs is 1. The summed E-state index contributed by atoms with van der Waals surface area (Å²) in [6.45, 7) is 4.03. The molecule has 0 N–H and O–H groups in total. The van der Waals surface area contributed by atoms with Crippen LogP contribution in [0.5, 0.6) is 6.01 Å². The van der Waals surface area contributed by atoms with Crippen LogP contribution in [0.2, 0.25) is 0 Å². The van der Waals surface area contributed by atoms with E-state index in [9.17, 15) is 0 Å². The van der Waals surface area contributed by atoms with Crippen LogP contribution in [0.25, 0.3) is 5.69 Å². The van der Waals surface area contributed by atoms with Crippen LogP contribution in [0.3, 0.4) is 0 Å². The van der Waals surface area contributed by atoms with Crippen molar-refractivity contribution in [2.45, 2.75) is 38.5 Å². The predicted molar refractivity (Wildman–Crippen MR) is 89.2 cm³/mol. The molecule has 0 bridgehead atoms. The topological polar surface area (TPSA) is 43.2 Å². The van der Waals surface area contributed by atoms with E-state index in [1.807, 2.05) is 4.57 Å². The summed E-state index contributed by atoms with van der Waals surface area (Å²) >= 11 is 0. The average molecular weight is 312 g/mol. The van der Waals surface area contributed by atoms with Gasteiger partial charge in [0.05, 0.1) is 5.69 Å². The van der Waals surface area contributed by atoms with Crippen LogP contribution in [0.4, 0.5) is 0 Å². The number of hydrogen-bond acceptors (Lipinski definition) is 4. The third-order valence-corrected chi connectivity index (χ3v) is 4.96. The molecule has 5 nitrogen and oxygen atoms in total. The van der Waals surface area contributed by atoms with Crippen molar-refractivity contribution in [3.63, 3.8) is 0 Å². The molecule has 1 aliphatic heterocycles. The zero-order valence-electron chi connectivity index (χ0n) is 13.6. The molecule has 5 heteroatoms. The molecule has 122 valence electrons. The van der Waals surface area contributed by atoms with Gasteiger partial charge in [-0.15, -0.1) is 5.10 Å². The summed E-state index contributed by atoms with van der Waals surface area (Å²) < 4.78 is 7.85. The Balaban J connectivity index is 1.41. The van der Waals surface area contributed by atoms with E-state index in [-0.39, 0.29) is 0 Å². The van der Waals surface area contributed by atoms with Gasteiger partial charge in [-0.05, 0) is 68.5 Å². The minimum Gasteiger partial charge on any atom is -0.462 e. The first-order valence-corrected chi connectivity index (χ1v) is 8.77. The summed E-state index contributed by atoms with van der Waals surface area (Å²) in [5.41, 5.74) is 4.04. The monoisotopic (exact) mass is 312 g/mol. The molecule has 2 aliphatic rings. The van der Waals surface area contributed by atoms with E-state index in [1.165, 1.54) is 62.7 Å². The smallest absolute Gasteiger partial charge is 0.321 e. The molecule has 1 aromatic carbocycles. The van der Waals surface area contributed by atoms with Gasteiger partial charge in [0.25, 0.3) is 0 Å². The van der Waals surface area contributed by atoms with E-state index < -0.39 is 0 Å². The fourth-order valence-electron chi connectivity index (χ4n) is 3.66. The maximum Gasteiger partial charge on any atom is 0.321 e. The fraction of sp³-hybridized carbons (Fsp3) is 0.556. The van der Waals surface area contributed by atoms with E-state index in [0.29, 0.717) is 12.6 Å². The third-order valence-electron chi connectivity index (χ3n) is 4.96. The molecule has 1 fully saturated rings. The number of nitrogens with zero attached hydrogens (tertiary/aromatic N) is 4. The molecule has 23 heavy (non-hydrogen) atoms. The van der Waals surface area contributed by atoms with E-state index in [4.69, 9.17) is 4.74 Å². The number of rotatable bonds is 5. The Morgan fingerprint density at radius 1 is 1.00 bits per heavy atom. The molecule has 0 atom stereocenters. The lowest BCUT2D eigenvalue weighted by molar-refractivity contribution is 0.176. The molecule has 2 aromatic rings. The quantitative estimate of drug-likeness (QED) is 0.851. The molecule has 1 saturated heterocycles. The number of aromatic nitrogens is 3. The van der Waals surface area contributed by atoms with Gasteiger partial charge < -0.3 is 4.74 Å². The Morgan fingerprint density at radius 3 is 2.78 bits per heavy atom. The first-order valence-electron chi connectivity index (χ1n) is 8.77. The normalized spacial score (nSPS) is 18.1. The van der Waals surface area contributed by atoms with Crippen LogP contribution >= 0.6 is 0 Å². The first-order chi connectivity index (χ1) is 11.4. The van der Waals surface area contributed by atoms with E-state index in [2.05, 4.69) is 33.3 Å². The molecule has 4 rings (SSSR count). The summed E-state index contributed by atoms with van der Waals surface area (Å²) in [7, 11) is 0. The van der Waals surface area contributed by atoms with Gasteiger partial charge >= 0.3 is 6.01 Å². The highest BCUT2D eigenvalue weighted by Gasteiger charge is 2.15. The minimum absolute atomic E-state index is 0.597. The second kappa shape index (κ2) is 6.71. The standard InChI is InChI=1S/C18H24N4O/c1-2-9-21(10-3-1)11-12-23-18-20-19-14-22(18)17-8-7-15-5-4-6-16(15)13-17/h7-8,13-14H,1-6,9-12H2. The Labute approximate surface area is 137 Å². The van der Waals surface area contributed by atoms with Crippen LogP contribution in [0.15, 0.2) is 24.5 Å². The second-order valence-corrected chi connectivity index (χ2v) is 6.54. The summed E-state index contributed by atoms with van der Waals surface area (Å²) in [6, 6.07) is 7.23. The van der Waals surface area contributed by atoms with Crippen molar-refractivity contribution in [1.82, 2.24) is 19.7 Å². The zero-order valence-corrected chi connectivity index (χ0v) is 13.6. The molecule has 1 aromatic heterocycles. The number of piperidine rings is 1. The van der Waals surface area contributed by atoms with E-state index in [0.717, 1.165) is 12.2 Å². The molecular weight excluding hydrogens is 288 g/mol. The number of likely N-dealkylation sites (tertiary alicyclic amines) is 1. The van der Waals surface area contributed by atoms with Gasteiger partial charge in [0.2, 0.25) is 0 Å². The Morgan fingerprint density at radius 2 is 1.87 bits per heavy atom. The van der Waals surface area contributed by atoms with Crippen molar-refractivity contribution < 1.29 is 4.74 Å². The van der Waals surface area contributed by atoms with Gasteiger partial charge in [0.1, 0.15) is 12.9 Å². The fourth-order valence-corrected chi connectivity index (χ4v) is 3.66. The molecule has 0 amide bonds. The molecule has 0 unspecified atom stereocenters. The molecular formula is C18H24N4O. The van der Waals surface area contributed by atoms with E-state index >= 15 is 0 Å². The number of benzene rings is 1. The lowest BCUT2D eigenvalue weighted by Gasteiger charge is -2.25. The Bertz CT molecular complexity index is 661. The van der Waals surface area contributed by atoms with Crippen LogP contribution in [-0.2, 0) is 12.8 Å². The summed E-state index contributed by atoms with van der Waals surface area (Å²) in [5.74, 6) is 0. The highest BCUT2D eigenvalue weighted by molar-refractivity contribution is 5.43. The second-order valence-electron chi connectivity index (χ2n) is 6.54. The lowest BCUT2D eigenvalue weighted by atomic mass is 10.1. The molecule has 0 spiro atoms. The van der Waals surface area contributed by atoms with Crippen molar-refractivity contribution >= 4 is 0 Å². The zero-order chi connectivity index (χ0) is 15.5. The van der Waals surface area contributed by atoms with Gasteiger partial charge in [-0.2, -0.15) is 0 Å². The van der Waals surface area contributed by atoms with Crippen molar-refractivity contribution in [2.24, 2.45) is 0 Å². The van der Waals surface area contributed by atoms with Crippen molar-refractivity contribution in [2.75, 3.05) is 26.2 Å². The van der Waals surface area contributed by atoms with Crippen molar-refractivity contribution in [1.29, 1.82) is 0 Å². The largest absolute Gasteiger partial charge is 0.462 e. The van der Waals surface area contributed by atoms with Gasteiger partial charge in [0.15, 0.2) is 0 Å². The van der Waals surface area contributed by atoms with Crippen LogP contribution in [-0.4, -0.2) is 45.9 Å². The lowest BCUT2D eigenvalue weighted by Crippen LogP contribution is -2.33. The number of hydrogen-bond donors (Lipinski definition) is 0. The van der Waals surface area contributed by atoms with Gasteiger partial charge in [-0.1, -0.05) is 17.6 Å². The van der Waals surface area contributed by atoms with E-state index in [1.54, 1.807) is 6.33 Å². The minimum atomic E-state index is 0.597. The van der Waals surface area contributed by atoms with Gasteiger partial charge in [0, 0.05) is 6.54 Å². The summed E-state index contributed by atoms with van der Waals surface area (Å²) in [4.78, 5) is 2.47. The number of aryl methyl sites for hydroxylation is 2. The first kappa shape index (κ1) is 14.7. The van der Waals surface area contributed by atoms with Crippen molar-refractivity contribution in [3.05, 3.63) is 35.7 Å². The average Bonchev–Trinajstić information content (AvgIpc) is 3.24. The maximum absolute atomic E-state index is 5.90. The summed E-state index contributed by atoms with van der Waals surface area (Å²) in [6.07, 6.45) is 9.38. The Hall–Kier alpha value is -1.88. The highest BCUT2D eigenvalue weighted by Crippen LogP contribution is 2.25. The maximum atomic E-state index is 5.90. The van der Waals surface area contributed by atoms with Crippen LogP contribution in [0, 0.1) is 0 Å². The van der Waals surface area contributed by atoms with Crippen LogP contribution < -0.4 is 4.74 Å². The Kier molecular flexibility index (Phi) is 4.28. The van der Waals surface area contributed by atoms with Gasteiger partial charge in [-0.25, -0.2) is 0 Å². The van der Waals surface area contributed by atoms with Gasteiger partial charge in [-0.3, -0.25) is 9.47 Å². The highest BCUT2D eigenvalue weighted by atomic mass is 16.5. The predicted octanol–water partition coefficient (Wildman–Crippen LogP) is 2.62.